The molecular weight excluding hydrogens is 226 g/mol. The third-order valence-electron chi connectivity index (χ3n) is 2.72. The van der Waals surface area contributed by atoms with E-state index in [2.05, 4.69) is 32.7 Å². The maximum Gasteiger partial charge on any atom is 0.235 e. The van der Waals surface area contributed by atoms with Gasteiger partial charge in [0.15, 0.2) is 8.32 Å². The van der Waals surface area contributed by atoms with Crippen molar-refractivity contribution in [2.75, 3.05) is 0 Å². The average molecular weight is 247 g/mol. The highest BCUT2D eigenvalue weighted by atomic mass is 28.4. The van der Waals surface area contributed by atoms with E-state index in [1.165, 1.54) is 0 Å². The van der Waals surface area contributed by atoms with E-state index in [0.717, 1.165) is 12.1 Å². The second kappa shape index (κ2) is 3.99. The van der Waals surface area contributed by atoms with Gasteiger partial charge in [-0.15, -0.1) is 0 Å². The zero-order valence-corrected chi connectivity index (χ0v) is 12.2. The number of nitrogens with zero attached hydrogens (tertiary/aromatic N) is 1. The second-order valence-electron chi connectivity index (χ2n) is 6.19. The van der Waals surface area contributed by atoms with Crippen LogP contribution in [0.1, 0.15) is 0 Å². The van der Waals surface area contributed by atoms with Crippen LogP contribution in [0.15, 0.2) is 0 Å². The van der Waals surface area contributed by atoms with Crippen LogP contribution in [0.5, 0.6) is 0 Å². The molecule has 0 radical (unpaired) electrons. The Balaban J connectivity index is 2.74. The molecule has 0 N–H and O–H groups in total. The summed E-state index contributed by atoms with van der Waals surface area (Å²) in [6, 6.07) is 1.27. The maximum atomic E-state index is 10.9. The molecule has 0 aromatic heterocycles. The zero-order valence-electron chi connectivity index (χ0n) is 10.2. The maximum absolute atomic E-state index is 10.9. The molecular formula is C9H21NO3Si2. The molecule has 88 valence electrons. The van der Waals surface area contributed by atoms with Crippen molar-refractivity contribution in [3.8, 4) is 0 Å². The molecule has 2 atom stereocenters. The van der Waals surface area contributed by atoms with Crippen molar-refractivity contribution in [1.29, 1.82) is 0 Å². The lowest BCUT2D eigenvalue weighted by atomic mass is 10.2. The lowest BCUT2D eigenvalue weighted by Crippen LogP contribution is -2.38. The van der Waals surface area contributed by atoms with Gasteiger partial charge in [-0.3, -0.25) is 10.1 Å². The normalized spacial score (nSPS) is 30.5. The number of hydrogen-bond donors (Lipinski definition) is 0. The van der Waals surface area contributed by atoms with Crippen molar-refractivity contribution >= 4 is 16.4 Å². The molecule has 0 saturated carbocycles. The third-order valence-corrected chi connectivity index (χ3v) is 6.76. The van der Waals surface area contributed by atoms with E-state index in [-0.39, 0.29) is 11.0 Å². The van der Waals surface area contributed by atoms with Crippen molar-refractivity contribution in [3.05, 3.63) is 10.1 Å². The van der Waals surface area contributed by atoms with Gasteiger partial charge < -0.3 is 4.43 Å². The zero-order chi connectivity index (χ0) is 11.9. The predicted molar refractivity (Wildman–Crippen MR) is 66.1 cm³/mol. The predicted octanol–water partition coefficient (Wildman–Crippen LogP) is 2.57. The molecule has 6 heteroatoms. The Kier molecular flexibility index (Phi) is 3.42. The Labute approximate surface area is 93.3 Å². The monoisotopic (exact) mass is 247 g/mol. The highest BCUT2D eigenvalue weighted by molar-refractivity contribution is 6.78. The topological polar surface area (TPSA) is 52.4 Å². The standard InChI is InChI=1S/C9H21NO3Si2/c1-14(2,3)13-9-7-15(4,5)6-8(9)10(11)12/h8-9H,6-7H2,1-5H3. The molecule has 2 unspecified atom stereocenters. The van der Waals surface area contributed by atoms with Crippen molar-refractivity contribution in [3.63, 3.8) is 0 Å². The van der Waals surface area contributed by atoms with Gasteiger partial charge in [-0.2, -0.15) is 0 Å². The Morgan fingerprint density at radius 1 is 1.33 bits per heavy atom. The minimum absolute atomic E-state index is 0.117. The summed E-state index contributed by atoms with van der Waals surface area (Å²) in [5, 5.41) is 10.9. The van der Waals surface area contributed by atoms with Crippen LogP contribution in [0.25, 0.3) is 0 Å². The fourth-order valence-corrected chi connectivity index (χ4v) is 6.72. The molecule has 1 aliphatic rings. The van der Waals surface area contributed by atoms with Crippen LogP contribution in [0, 0.1) is 10.1 Å². The van der Waals surface area contributed by atoms with Gasteiger partial charge in [0, 0.05) is 11.0 Å². The SMILES string of the molecule is C[Si]1(C)CC(O[Si](C)(C)C)C([N+](=O)[O-])C1. The fourth-order valence-electron chi connectivity index (χ4n) is 2.25. The van der Waals surface area contributed by atoms with Gasteiger partial charge in [-0.05, 0) is 25.7 Å². The van der Waals surface area contributed by atoms with Gasteiger partial charge in [-0.25, -0.2) is 0 Å². The minimum Gasteiger partial charge on any atom is -0.408 e. The summed E-state index contributed by atoms with van der Waals surface area (Å²) in [7, 11) is -3.03. The average Bonchev–Trinajstić information content (AvgIpc) is 2.21. The Morgan fingerprint density at radius 2 is 1.87 bits per heavy atom. The summed E-state index contributed by atoms with van der Waals surface area (Å²) in [6.07, 6.45) is -0.117. The van der Waals surface area contributed by atoms with E-state index in [0.29, 0.717) is 0 Å². The van der Waals surface area contributed by atoms with Crippen LogP contribution in [0.4, 0.5) is 0 Å². The summed E-state index contributed by atoms with van der Waals surface area (Å²) in [5.41, 5.74) is 0. The Hall–Kier alpha value is -0.206. The van der Waals surface area contributed by atoms with Crippen molar-refractivity contribution in [2.45, 2.75) is 57.0 Å². The Morgan fingerprint density at radius 3 is 2.27 bits per heavy atom. The van der Waals surface area contributed by atoms with Gasteiger partial charge in [0.1, 0.15) is 6.10 Å². The van der Waals surface area contributed by atoms with E-state index in [4.69, 9.17) is 4.43 Å². The van der Waals surface area contributed by atoms with E-state index < -0.39 is 22.4 Å². The molecule has 0 aromatic rings. The minimum atomic E-state index is -1.65. The number of rotatable bonds is 3. The quantitative estimate of drug-likeness (QED) is 0.437. The first kappa shape index (κ1) is 12.9. The first-order valence-electron chi connectivity index (χ1n) is 5.42. The van der Waals surface area contributed by atoms with E-state index in [1.807, 2.05) is 0 Å². The summed E-state index contributed by atoms with van der Waals surface area (Å²) in [4.78, 5) is 10.8. The first-order valence-corrected chi connectivity index (χ1v) is 12.2. The largest absolute Gasteiger partial charge is 0.408 e. The molecule has 15 heavy (non-hydrogen) atoms. The van der Waals surface area contributed by atoms with Crippen molar-refractivity contribution in [1.82, 2.24) is 0 Å². The van der Waals surface area contributed by atoms with E-state index in [9.17, 15) is 10.1 Å². The molecule has 1 fully saturated rings. The molecule has 0 aliphatic carbocycles. The van der Waals surface area contributed by atoms with Gasteiger partial charge in [0.2, 0.25) is 6.04 Å². The molecule has 0 aromatic carbocycles. The van der Waals surface area contributed by atoms with Gasteiger partial charge >= 0.3 is 0 Å². The number of nitro groups is 1. The number of hydrogen-bond acceptors (Lipinski definition) is 3. The molecule has 0 bridgehead atoms. The van der Waals surface area contributed by atoms with Gasteiger partial charge in [-0.1, -0.05) is 13.1 Å². The second-order valence-corrected chi connectivity index (χ2v) is 15.8. The summed E-state index contributed by atoms with van der Waals surface area (Å²) in [6.45, 7) is 10.7. The molecule has 1 rings (SSSR count). The van der Waals surface area contributed by atoms with Gasteiger partial charge in [0.05, 0.1) is 8.07 Å². The van der Waals surface area contributed by atoms with Crippen LogP contribution in [0.2, 0.25) is 44.8 Å². The van der Waals surface area contributed by atoms with Crippen LogP contribution in [0.3, 0.4) is 0 Å². The van der Waals surface area contributed by atoms with E-state index in [1.54, 1.807) is 0 Å². The lowest BCUT2D eigenvalue weighted by Gasteiger charge is -2.24. The molecule has 1 saturated heterocycles. The van der Waals surface area contributed by atoms with Crippen LogP contribution < -0.4 is 0 Å². The van der Waals surface area contributed by atoms with Crippen molar-refractivity contribution in [2.24, 2.45) is 0 Å². The van der Waals surface area contributed by atoms with Crippen molar-refractivity contribution < 1.29 is 9.35 Å². The molecule has 1 aliphatic heterocycles. The van der Waals surface area contributed by atoms with Crippen LogP contribution in [-0.4, -0.2) is 33.5 Å². The smallest absolute Gasteiger partial charge is 0.235 e. The highest BCUT2D eigenvalue weighted by Crippen LogP contribution is 2.35. The molecule has 4 nitrogen and oxygen atoms in total. The van der Waals surface area contributed by atoms with E-state index >= 15 is 0 Å². The third kappa shape index (κ3) is 3.69. The molecule has 0 amide bonds. The first-order chi connectivity index (χ1) is 6.61. The van der Waals surface area contributed by atoms with Crippen LogP contribution in [-0.2, 0) is 4.43 Å². The van der Waals surface area contributed by atoms with Crippen LogP contribution >= 0.6 is 0 Å². The van der Waals surface area contributed by atoms with Gasteiger partial charge in [0.25, 0.3) is 0 Å². The highest BCUT2D eigenvalue weighted by Gasteiger charge is 2.49. The fraction of sp³-hybridized carbons (Fsp3) is 1.00. The Bertz CT molecular complexity index is 263. The summed E-state index contributed by atoms with van der Waals surface area (Å²) in [5.74, 6) is 0. The summed E-state index contributed by atoms with van der Waals surface area (Å²) < 4.78 is 5.94. The molecule has 1 heterocycles. The summed E-state index contributed by atoms with van der Waals surface area (Å²) >= 11 is 0. The molecule has 0 spiro atoms. The lowest BCUT2D eigenvalue weighted by molar-refractivity contribution is -0.525.